The van der Waals surface area contributed by atoms with Crippen molar-refractivity contribution in [1.82, 2.24) is 4.98 Å². The Hall–Kier alpha value is -3.20. The highest BCUT2D eigenvalue weighted by Gasteiger charge is 2.21. The van der Waals surface area contributed by atoms with Crippen molar-refractivity contribution in [3.63, 3.8) is 0 Å². The minimum Gasteiger partial charge on any atom is -0.493 e. The SMILES string of the molecule is COc1ccc(NC(=O)c2cnc([N+](=O)[O-])cc2CO)cc1OC1CCCC1. The van der Waals surface area contributed by atoms with Gasteiger partial charge in [0.05, 0.1) is 25.4 Å². The van der Waals surface area contributed by atoms with E-state index in [-0.39, 0.29) is 17.2 Å². The van der Waals surface area contributed by atoms with E-state index in [0.717, 1.165) is 37.9 Å². The second kappa shape index (κ2) is 8.66. The maximum atomic E-state index is 12.6. The summed E-state index contributed by atoms with van der Waals surface area (Å²) in [4.78, 5) is 26.4. The summed E-state index contributed by atoms with van der Waals surface area (Å²) in [5, 5.41) is 23.0. The number of nitro groups is 1. The van der Waals surface area contributed by atoms with Gasteiger partial charge in [0.15, 0.2) is 17.7 Å². The number of carbonyl (C=O) groups is 1. The van der Waals surface area contributed by atoms with Crippen LogP contribution < -0.4 is 14.8 Å². The third-order valence-electron chi connectivity index (χ3n) is 4.59. The summed E-state index contributed by atoms with van der Waals surface area (Å²) >= 11 is 0. The smallest absolute Gasteiger partial charge is 0.363 e. The average molecular weight is 387 g/mol. The molecule has 0 bridgehead atoms. The molecule has 2 N–H and O–H groups in total. The molecule has 1 aliphatic carbocycles. The van der Waals surface area contributed by atoms with Gasteiger partial charge in [0, 0.05) is 23.4 Å². The fourth-order valence-electron chi connectivity index (χ4n) is 3.15. The van der Waals surface area contributed by atoms with E-state index in [1.165, 1.54) is 0 Å². The van der Waals surface area contributed by atoms with Gasteiger partial charge in [-0.1, -0.05) is 0 Å². The van der Waals surface area contributed by atoms with E-state index in [1.807, 2.05) is 0 Å². The second-order valence-corrected chi connectivity index (χ2v) is 6.46. The Kier molecular flexibility index (Phi) is 6.05. The Bertz CT molecular complexity index is 880. The van der Waals surface area contributed by atoms with Crippen molar-refractivity contribution in [3.05, 3.63) is 51.7 Å². The van der Waals surface area contributed by atoms with Crippen molar-refractivity contribution >= 4 is 17.4 Å². The number of methoxy groups -OCH3 is 1. The van der Waals surface area contributed by atoms with Crippen LogP contribution in [-0.2, 0) is 6.61 Å². The molecule has 1 saturated carbocycles. The number of nitrogens with one attached hydrogen (secondary N) is 1. The lowest BCUT2D eigenvalue weighted by atomic mass is 10.1. The van der Waals surface area contributed by atoms with Crippen molar-refractivity contribution in [2.45, 2.75) is 38.4 Å². The van der Waals surface area contributed by atoms with Crippen molar-refractivity contribution in [2.24, 2.45) is 0 Å². The van der Waals surface area contributed by atoms with Crippen LogP contribution in [0, 0.1) is 10.1 Å². The number of anilines is 1. The first-order chi connectivity index (χ1) is 13.5. The first kappa shape index (κ1) is 19.6. The summed E-state index contributed by atoms with van der Waals surface area (Å²) in [7, 11) is 1.55. The van der Waals surface area contributed by atoms with Gasteiger partial charge in [-0.05, 0) is 47.7 Å². The first-order valence-corrected chi connectivity index (χ1v) is 8.92. The number of hydrogen-bond acceptors (Lipinski definition) is 7. The van der Waals surface area contributed by atoms with Crippen LogP contribution in [0.3, 0.4) is 0 Å². The van der Waals surface area contributed by atoms with Gasteiger partial charge in [-0.3, -0.25) is 4.79 Å². The molecular weight excluding hydrogens is 366 g/mol. The molecule has 1 aliphatic rings. The number of carbonyl (C=O) groups excluding carboxylic acids is 1. The van der Waals surface area contributed by atoms with E-state index >= 15 is 0 Å². The number of aliphatic hydroxyl groups is 1. The van der Waals surface area contributed by atoms with E-state index in [2.05, 4.69) is 10.3 Å². The lowest BCUT2D eigenvalue weighted by Gasteiger charge is -2.17. The Morgan fingerprint density at radius 1 is 1.32 bits per heavy atom. The number of hydrogen-bond donors (Lipinski definition) is 2. The summed E-state index contributed by atoms with van der Waals surface area (Å²) in [6.45, 7) is -0.523. The van der Waals surface area contributed by atoms with E-state index in [1.54, 1.807) is 25.3 Å². The van der Waals surface area contributed by atoms with Gasteiger partial charge in [-0.25, -0.2) is 0 Å². The zero-order valence-electron chi connectivity index (χ0n) is 15.4. The van der Waals surface area contributed by atoms with E-state index in [0.29, 0.717) is 17.2 Å². The molecule has 0 atom stereocenters. The molecule has 0 aliphatic heterocycles. The number of amides is 1. The summed E-state index contributed by atoms with van der Waals surface area (Å²) in [5.74, 6) is 0.134. The molecule has 1 heterocycles. The zero-order valence-corrected chi connectivity index (χ0v) is 15.4. The predicted molar refractivity (Wildman–Crippen MR) is 101 cm³/mol. The van der Waals surface area contributed by atoms with E-state index in [4.69, 9.17) is 9.47 Å². The van der Waals surface area contributed by atoms with Crippen molar-refractivity contribution < 1.29 is 24.3 Å². The third kappa shape index (κ3) is 4.37. The van der Waals surface area contributed by atoms with Crippen LogP contribution in [-0.4, -0.2) is 34.1 Å². The van der Waals surface area contributed by atoms with Crippen molar-refractivity contribution in [3.8, 4) is 11.5 Å². The van der Waals surface area contributed by atoms with Crippen LogP contribution in [0.1, 0.15) is 41.6 Å². The zero-order chi connectivity index (χ0) is 20.1. The highest BCUT2D eigenvalue weighted by Crippen LogP contribution is 2.34. The predicted octanol–water partition coefficient (Wildman–Crippen LogP) is 3.06. The minimum absolute atomic E-state index is 0.0576. The second-order valence-electron chi connectivity index (χ2n) is 6.46. The Morgan fingerprint density at radius 3 is 2.71 bits per heavy atom. The summed E-state index contributed by atoms with van der Waals surface area (Å²) in [6.07, 6.45) is 5.42. The molecule has 1 aromatic carbocycles. The summed E-state index contributed by atoms with van der Waals surface area (Å²) < 4.78 is 11.3. The standard InChI is InChI=1S/C19H21N3O6/c1-27-16-7-6-13(9-17(16)28-14-4-2-3-5-14)21-19(24)15-10-20-18(22(25)26)8-12(15)11-23/h6-10,14,23H,2-5,11H2,1H3,(H,21,24). The van der Waals surface area contributed by atoms with Crippen molar-refractivity contribution in [2.75, 3.05) is 12.4 Å². The van der Waals surface area contributed by atoms with Gasteiger partial charge in [0.1, 0.15) is 0 Å². The topological polar surface area (TPSA) is 124 Å². The Labute approximate surface area is 161 Å². The van der Waals surface area contributed by atoms with E-state index in [9.17, 15) is 20.0 Å². The molecule has 1 amide bonds. The van der Waals surface area contributed by atoms with Crippen LogP contribution in [0.4, 0.5) is 11.5 Å². The van der Waals surface area contributed by atoms with Crippen molar-refractivity contribution in [1.29, 1.82) is 0 Å². The summed E-state index contributed by atoms with van der Waals surface area (Å²) in [5.41, 5.74) is 0.651. The molecule has 3 rings (SSSR count). The van der Waals surface area contributed by atoms with Crippen LogP contribution in [0.25, 0.3) is 0 Å². The van der Waals surface area contributed by atoms with Crippen LogP contribution in [0.15, 0.2) is 30.5 Å². The number of pyridine rings is 1. The van der Waals surface area contributed by atoms with Gasteiger partial charge in [0.2, 0.25) is 0 Å². The molecule has 0 spiro atoms. The number of ether oxygens (including phenoxy) is 2. The number of aliphatic hydroxyl groups excluding tert-OH is 1. The molecule has 148 valence electrons. The Balaban J connectivity index is 1.81. The van der Waals surface area contributed by atoms with Gasteiger partial charge in [0.25, 0.3) is 5.91 Å². The molecule has 9 nitrogen and oxygen atoms in total. The number of rotatable bonds is 7. The van der Waals surface area contributed by atoms with Crippen LogP contribution >= 0.6 is 0 Å². The summed E-state index contributed by atoms with van der Waals surface area (Å²) in [6, 6.07) is 6.11. The normalized spacial score (nSPS) is 13.9. The number of nitrogens with zero attached hydrogens (tertiary/aromatic N) is 2. The van der Waals surface area contributed by atoms with E-state index < -0.39 is 23.3 Å². The fourth-order valence-corrected chi connectivity index (χ4v) is 3.15. The van der Waals surface area contributed by atoms with Crippen LogP contribution in [0.5, 0.6) is 11.5 Å². The molecule has 0 saturated heterocycles. The molecule has 9 heteroatoms. The number of benzene rings is 1. The molecule has 1 aromatic heterocycles. The first-order valence-electron chi connectivity index (χ1n) is 8.92. The van der Waals surface area contributed by atoms with Gasteiger partial charge >= 0.3 is 5.82 Å². The number of aromatic nitrogens is 1. The van der Waals surface area contributed by atoms with Gasteiger partial charge < -0.3 is 30.0 Å². The monoisotopic (exact) mass is 387 g/mol. The maximum absolute atomic E-state index is 12.6. The minimum atomic E-state index is -0.684. The molecule has 0 radical (unpaired) electrons. The Morgan fingerprint density at radius 2 is 2.07 bits per heavy atom. The highest BCUT2D eigenvalue weighted by atomic mass is 16.6. The maximum Gasteiger partial charge on any atom is 0.363 e. The lowest BCUT2D eigenvalue weighted by Crippen LogP contribution is -2.16. The fraction of sp³-hybridized carbons (Fsp3) is 0.368. The van der Waals surface area contributed by atoms with Gasteiger partial charge in [-0.2, -0.15) is 0 Å². The molecule has 28 heavy (non-hydrogen) atoms. The van der Waals surface area contributed by atoms with Crippen LogP contribution in [0.2, 0.25) is 0 Å². The van der Waals surface area contributed by atoms with Gasteiger partial charge in [-0.15, -0.1) is 0 Å². The molecule has 2 aromatic rings. The molecule has 1 fully saturated rings. The average Bonchev–Trinajstić information content (AvgIpc) is 3.20. The lowest BCUT2D eigenvalue weighted by molar-refractivity contribution is -0.389. The molecule has 0 unspecified atom stereocenters. The largest absolute Gasteiger partial charge is 0.493 e. The highest BCUT2D eigenvalue weighted by molar-refractivity contribution is 6.05. The quantitative estimate of drug-likeness (QED) is 0.553. The molecular formula is C19H21N3O6. The third-order valence-corrected chi connectivity index (χ3v) is 4.59.